The largest absolute Gasteiger partial charge is 0.455 e. The summed E-state index contributed by atoms with van der Waals surface area (Å²) >= 11 is 0. The summed E-state index contributed by atoms with van der Waals surface area (Å²) in [5.74, 6) is -0.628. The van der Waals surface area contributed by atoms with Gasteiger partial charge in [0.1, 0.15) is 5.76 Å². The molecule has 2 aromatic rings. The minimum absolute atomic E-state index is 0.174. The molecule has 0 fully saturated rings. The lowest BCUT2D eigenvalue weighted by Gasteiger charge is -2.20. The topological polar surface area (TPSA) is 58.4 Å². The van der Waals surface area contributed by atoms with Crippen molar-refractivity contribution in [2.24, 2.45) is 0 Å². The third-order valence-corrected chi connectivity index (χ3v) is 2.94. The lowest BCUT2D eigenvalue weighted by atomic mass is 10.1. The van der Waals surface area contributed by atoms with Gasteiger partial charge in [-0.15, -0.1) is 0 Å². The van der Waals surface area contributed by atoms with Crippen molar-refractivity contribution in [3.8, 4) is 0 Å². The van der Waals surface area contributed by atoms with Crippen LogP contribution in [0.25, 0.3) is 0 Å². The van der Waals surface area contributed by atoms with Crippen LogP contribution in [0.4, 0.5) is 13.2 Å². The first-order valence-electron chi connectivity index (χ1n) is 6.79. The Morgan fingerprint density at radius 3 is 2.61 bits per heavy atom. The van der Waals surface area contributed by atoms with Gasteiger partial charge < -0.3 is 14.6 Å². The lowest BCUT2D eigenvalue weighted by Crippen LogP contribution is -2.38. The quantitative estimate of drug-likeness (QED) is 0.917. The van der Waals surface area contributed by atoms with Crippen LogP contribution in [-0.2, 0) is 6.54 Å². The molecule has 0 aliphatic heterocycles. The first kappa shape index (κ1) is 17.0. The molecule has 124 valence electrons. The molecule has 0 saturated carbocycles. The zero-order valence-corrected chi connectivity index (χ0v) is 12.6. The van der Waals surface area contributed by atoms with E-state index in [0.717, 1.165) is 0 Å². The predicted molar refractivity (Wildman–Crippen MR) is 76.6 cm³/mol. The number of hydrogen-bond acceptors (Lipinski definition) is 4. The Hall–Kier alpha value is -2.35. The van der Waals surface area contributed by atoms with Gasteiger partial charge in [-0.3, -0.25) is 9.78 Å². The van der Waals surface area contributed by atoms with Crippen LogP contribution in [0, 0.1) is 0 Å². The normalized spacial score (nSPS) is 13.1. The van der Waals surface area contributed by atoms with Gasteiger partial charge in [0, 0.05) is 6.20 Å². The SMILES string of the molecule is CN(C)Cc1ccc(C(=O)N[C@H](c2ccccn2)C(F)(F)F)o1. The van der Waals surface area contributed by atoms with Gasteiger partial charge in [-0.25, -0.2) is 0 Å². The van der Waals surface area contributed by atoms with E-state index >= 15 is 0 Å². The Morgan fingerprint density at radius 2 is 2.04 bits per heavy atom. The van der Waals surface area contributed by atoms with E-state index in [2.05, 4.69) is 4.98 Å². The highest BCUT2D eigenvalue weighted by Crippen LogP contribution is 2.31. The van der Waals surface area contributed by atoms with Crippen molar-refractivity contribution in [2.75, 3.05) is 14.1 Å². The van der Waals surface area contributed by atoms with Gasteiger partial charge in [-0.1, -0.05) is 6.07 Å². The summed E-state index contributed by atoms with van der Waals surface area (Å²) in [5.41, 5.74) is -0.284. The standard InChI is InChI=1S/C15H16F3N3O2/c1-21(2)9-10-6-7-12(23-10)14(22)20-13(15(16,17)18)11-5-3-4-8-19-11/h3-8,13H,9H2,1-2H3,(H,20,22)/t13-/m1/s1. The maximum atomic E-state index is 13.2. The predicted octanol–water partition coefficient (Wildman–Crippen LogP) is 2.77. The number of furan rings is 1. The molecule has 0 radical (unpaired) electrons. The number of rotatable bonds is 5. The Bertz CT molecular complexity index is 653. The van der Waals surface area contributed by atoms with E-state index in [1.165, 1.54) is 30.5 Å². The molecule has 8 heteroatoms. The second kappa shape index (κ2) is 6.82. The minimum atomic E-state index is -4.66. The van der Waals surface area contributed by atoms with Crippen LogP contribution in [0.5, 0.6) is 0 Å². The maximum absolute atomic E-state index is 13.2. The van der Waals surface area contributed by atoms with E-state index in [1.807, 2.05) is 24.3 Å². The van der Waals surface area contributed by atoms with Gasteiger partial charge in [-0.05, 0) is 38.4 Å². The van der Waals surface area contributed by atoms with Crippen molar-refractivity contribution in [1.29, 1.82) is 0 Å². The minimum Gasteiger partial charge on any atom is -0.455 e. The van der Waals surface area contributed by atoms with Gasteiger partial charge in [0.2, 0.25) is 0 Å². The summed E-state index contributed by atoms with van der Waals surface area (Å²) in [6, 6.07) is 4.84. The molecule has 2 heterocycles. The number of nitrogens with one attached hydrogen (secondary N) is 1. The Balaban J connectivity index is 2.16. The fourth-order valence-electron chi connectivity index (χ4n) is 1.97. The molecule has 0 aliphatic carbocycles. The highest BCUT2D eigenvalue weighted by atomic mass is 19.4. The Morgan fingerprint density at radius 1 is 1.30 bits per heavy atom. The summed E-state index contributed by atoms with van der Waals surface area (Å²) < 4.78 is 44.8. The second-order valence-corrected chi connectivity index (χ2v) is 5.21. The number of alkyl halides is 3. The van der Waals surface area contributed by atoms with Gasteiger partial charge >= 0.3 is 6.18 Å². The van der Waals surface area contributed by atoms with Crippen LogP contribution < -0.4 is 5.32 Å². The average Bonchev–Trinajstić information content (AvgIpc) is 2.92. The molecule has 2 aromatic heterocycles. The van der Waals surface area contributed by atoms with E-state index < -0.39 is 18.1 Å². The molecule has 0 bridgehead atoms. The molecule has 0 aromatic carbocycles. The van der Waals surface area contributed by atoms with Crippen LogP contribution in [0.3, 0.4) is 0 Å². The van der Waals surface area contributed by atoms with Crippen molar-refractivity contribution in [3.05, 3.63) is 53.7 Å². The molecule has 23 heavy (non-hydrogen) atoms. The molecule has 0 spiro atoms. The first-order valence-corrected chi connectivity index (χ1v) is 6.79. The summed E-state index contributed by atoms with van der Waals surface area (Å²) in [6.07, 6.45) is -3.43. The Kier molecular flexibility index (Phi) is 5.05. The molecule has 0 aliphatic rings. The molecule has 1 N–H and O–H groups in total. The van der Waals surface area contributed by atoms with Crippen LogP contribution in [-0.4, -0.2) is 36.1 Å². The van der Waals surface area contributed by atoms with Crippen LogP contribution in [0.2, 0.25) is 0 Å². The number of nitrogens with zero attached hydrogens (tertiary/aromatic N) is 2. The van der Waals surface area contributed by atoms with Gasteiger partial charge in [0.05, 0.1) is 12.2 Å². The fourth-order valence-corrected chi connectivity index (χ4v) is 1.97. The molecule has 1 amide bonds. The van der Waals surface area contributed by atoms with E-state index in [-0.39, 0.29) is 11.5 Å². The molecular formula is C15H16F3N3O2. The number of carbonyl (C=O) groups excluding carboxylic acids is 1. The summed E-state index contributed by atoms with van der Waals surface area (Å²) in [5, 5.41) is 1.92. The van der Waals surface area contributed by atoms with Gasteiger partial charge in [0.25, 0.3) is 5.91 Å². The molecule has 1 atom stereocenters. The van der Waals surface area contributed by atoms with Crippen LogP contribution in [0.1, 0.15) is 28.1 Å². The third kappa shape index (κ3) is 4.56. The van der Waals surface area contributed by atoms with E-state index in [1.54, 1.807) is 6.07 Å². The fraction of sp³-hybridized carbons (Fsp3) is 0.333. The van der Waals surface area contributed by atoms with Crippen molar-refractivity contribution in [2.45, 2.75) is 18.8 Å². The van der Waals surface area contributed by atoms with Gasteiger partial charge in [0.15, 0.2) is 11.8 Å². The van der Waals surface area contributed by atoms with E-state index in [4.69, 9.17) is 4.42 Å². The maximum Gasteiger partial charge on any atom is 0.414 e. The zero-order valence-electron chi connectivity index (χ0n) is 12.6. The monoisotopic (exact) mass is 327 g/mol. The third-order valence-electron chi connectivity index (χ3n) is 2.94. The van der Waals surface area contributed by atoms with E-state index in [9.17, 15) is 18.0 Å². The van der Waals surface area contributed by atoms with Crippen LogP contribution in [0.15, 0.2) is 40.9 Å². The van der Waals surface area contributed by atoms with E-state index in [0.29, 0.717) is 12.3 Å². The smallest absolute Gasteiger partial charge is 0.414 e. The highest BCUT2D eigenvalue weighted by Gasteiger charge is 2.43. The Labute approximate surface area is 131 Å². The number of amides is 1. The number of halogens is 3. The molecule has 2 rings (SSSR count). The summed E-state index contributed by atoms with van der Waals surface area (Å²) in [4.78, 5) is 17.5. The van der Waals surface area contributed by atoms with Gasteiger partial charge in [-0.2, -0.15) is 13.2 Å². The molecular weight excluding hydrogens is 311 g/mol. The first-order chi connectivity index (χ1) is 10.8. The van der Waals surface area contributed by atoms with Crippen LogP contribution >= 0.6 is 0 Å². The number of aromatic nitrogens is 1. The molecule has 0 unspecified atom stereocenters. The van der Waals surface area contributed by atoms with Crippen molar-refractivity contribution in [1.82, 2.24) is 15.2 Å². The highest BCUT2D eigenvalue weighted by molar-refractivity contribution is 5.91. The summed E-state index contributed by atoms with van der Waals surface area (Å²) in [7, 11) is 3.62. The van der Waals surface area contributed by atoms with Crippen molar-refractivity contribution in [3.63, 3.8) is 0 Å². The number of pyridine rings is 1. The molecule has 0 saturated heterocycles. The van der Waals surface area contributed by atoms with Crippen molar-refractivity contribution < 1.29 is 22.4 Å². The summed E-state index contributed by atoms with van der Waals surface area (Å²) in [6.45, 7) is 0.441. The molecule has 5 nitrogen and oxygen atoms in total. The number of carbonyl (C=O) groups is 1. The van der Waals surface area contributed by atoms with Crippen molar-refractivity contribution >= 4 is 5.91 Å². The second-order valence-electron chi connectivity index (χ2n) is 5.21. The lowest BCUT2D eigenvalue weighted by molar-refractivity contribution is -0.156. The number of hydrogen-bond donors (Lipinski definition) is 1. The zero-order chi connectivity index (χ0) is 17.0. The average molecular weight is 327 g/mol.